The number of rotatable bonds is 2. The lowest BCUT2D eigenvalue weighted by Gasteiger charge is -2.30. The highest BCUT2D eigenvalue weighted by atomic mass is 16.2. The number of benzene rings is 2. The summed E-state index contributed by atoms with van der Waals surface area (Å²) in [4.78, 5) is 26.7. The topological polar surface area (TPSA) is 49.3 Å². The summed E-state index contributed by atoms with van der Waals surface area (Å²) < 4.78 is 0. The fourth-order valence-corrected chi connectivity index (χ4v) is 4.51. The smallest absolute Gasteiger partial charge is 0.277 e. The number of carbonyl (C=O) groups excluding carboxylic acids is 1. The van der Waals surface area contributed by atoms with E-state index in [1.165, 1.54) is 16.7 Å². The molecule has 29 heavy (non-hydrogen) atoms. The fourth-order valence-electron chi connectivity index (χ4n) is 4.51. The molecule has 1 aromatic heterocycles. The van der Waals surface area contributed by atoms with Crippen molar-refractivity contribution in [3.05, 3.63) is 82.8 Å². The first-order valence-electron chi connectivity index (χ1n) is 10.2. The van der Waals surface area contributed by atoms with Gasteiger partial charge in [0.2, 0.25) is 0 Å². The van der Waals surface area contributed by atoms with Gasteiger partial charge in [-0.15, -0.1) is 0 Å². The van der Waals surface area contributed by atoms with E-state index in [4.69, 9.17) is 0 Å². The number of amides is 1. The Morgan fingerprint density at radius 2 is 1.72 bits per heavy atom. The van der Waals surface area contributed by atoms with E-state index in [1.54, 1.807) is 0 Å². The van der Waals surface area contributed by atoms with Crippen LogP contribution in [0.1, 0.15) is 39.9 Å². The molecule has 0 bridgehead atoms. The number of nitrogens with zero attached hydrogens (tertiary/aromatic N) is 4. The zero-order chi connectivity index (χ0) is 20.0. The minimum absolute atomic E-state index is 0.0494. The number of aromatic nitrogens is 2. The number of para-hydroxylation sites is 1. The van der Waals surface area contributed by atoms with Gasteiger partial charge in [-0.05, 0) is 49.4 Å². The third-order valence-electron chi connectivity index (χ3n) is 5.92. The van der Waals surface area contributed by atoms with Gasteiger partial charge in [-0.25, -0.2) is 9.97 Å². The van der Waals surface area contributed by atoms with E-state index in [1.807, 2.05) is 36.1 Å². The van der Waals surface area contributed by atoms with Crippen LogP contribution in [0.15, 0.2) is 54.6 Å². The number of carbonyl (C=O) groups is 1. The van der Waals surface area contributed by atoms with Crippen molar-refractivity contribution in [1.82, 2.24) is 9.97 Å². The Hall–Kier alpha value is -3.21. The highest BCUT2D eigenvalue weighted by Crippen LogP contribution is 2.33. The van der Waals surface area contributed by atoms with Crippen molar-refractivity contribution in [1.29, 1.82) is 0 Å². The molecule has 0 saturated heterocycles. The van der Waals surface area contributed by atoms with Gasteiger partial charge in [0.05, 0.1) is 0 Å². The maximum Gasteiger partial charge on any atom is 0.277 e. The normalized spacial score (nSPS) is 17.8. The molecule has 0 spiro atoms. The van der Waals surface area contributed by atoms with E-state index < -0.39 is 0 Å². The lowest BCUT2D eigenvalue weighted by molar-refractivity contribution is 0.0976. The Morgan fingerprint density at radius 1 is 1.00 bits per heavy atom. The molecule has 1 amide bonds. The Kier molecular flexibility index (Phi) is 4.31. The van der Waals surface area contributed by atoms with Gasteiger partial charge < -0.3 is 9.80 Å². The summed E-state index contributed by atoms with van der Waals surface area (Å²) in [6.45, 7) is 5.65. The van der Waals surface area contributed by atoms with Crippen LogP contribution in [0.2, 0.25) is 0 Å². The zero-order valence-electron chi connectivity index (χ0n) is 16.8. The fraction of sp³-hybridized carbons (Fsp3) is 0.292. The van der Waals surface area contributed by atoms with Crippen molar-refractivity contribution in [3.63, 3.8) is 0 Å². The molecule has 0 aliphatic carbocycles. The molecule has 3 heterocycles. The summed E-state index contributed by atoms with van der Waals surface area (Å²) in [6.07, 6.45) is 1.86. The molecule has 0 fully saturated rings. The minimum atomic E-state index is -0.0494. The lowest BCUT2D eigenvalue weighted by atomic mass is 10.00. The summed E-state index contributed by atoms with van der Waals surface area (Å²) >= 11 is 0. The van der Waals surface area contributed by atoms with E-state index in [-0.39, 0.29) is 11.9 Å². The second-order valence-electron chi connectivity index (χ2n) is 7.96. The maximum absolute atomic E-state index is 13.4. The first-order valence-corrected chi connectivity index (χ1v) is 10.2. The Bertz CT molecular complexity index is 1090. The van der Waals surface area contributed by atoms with Crippen LogP contribution in [0, 0.1) is 6.92 Å². The largest absolute Gasteiger partial charge is 0.352 e. The molecule has 3 aromatic rings. The highest BCUT2D eigenvalue weighted by molar-refractivity contribution is 6.06. The van der Waals surface area contributed by atoms with Gasteiger partial charge in [-0.3, -0.25) is 4.79 Å². The molecule has 5 rings (SSSR count). The predicted molar refractivity (Wildman–Crippen MR) is 114 cm³/mol. The Morgan fingerprint density at radius 3 is 2.55 bits per heavy atom. The van der Waals surface area contributed by atoms with Gasteiger partial charge in [-0.2, -0.15) is 0 Å². The molecule has 146 valence electrons. The SMILES string of the molecule is Cc1nc(C(=O)N2c3ccccc3CC2C)cc(N2CCc3ccccc3C2)n1. The monoisotopic (exact) mass is 384 g/mol. The van der Waals surface area contributed by atoms with Crippen LogP contribution in [0.4, 0.5) is 11.5 Å². The maximum atomic E-state index is 13.4. The third kappa shape index (κ3) is 3.16. The van der Waals surface area contributed by atoms with Gasteiger partial charge in [0.25, 0.3) is 5.91 Å². The first kappa shape index (κ1) is 17.9. The van der Waals surface area contributed by atoms with Gasteiger partial charge in [0, 0.05) is 30.9 Å². The van der Waals surface area contributed by atoms with E-state index in [9.17, 15) is 4.79 Å². The number of anilines is 2. The molecule has 0 saturated carbocycles. The number of hydrogen-bond acceptors (Lipinski definition) is 4. The third-order valence-corrected chi connectivity index (χ3v) is 5.92. The van der Waals surface area contributed by atoms with Crippen molar-refractivity contribution in [2.75, 3.05) is 16.3 Å². The molecule has 1 unspecified atom stereocenters. The number of hydrogen-bond donors (Lipinski definition) is 0. The molecule has 1 atom stereocenters. The molecular weight excluding hydrogens is 360 g/mol. The number of fused-ring (bicyclic) bond motifs is 2. The predicted octanol–water partition coefficient (Wildman–Crippen LogP) is 3.94. The molecule has 0 radical (unpaired) electrons. The second kappa shape index (κ2) is 6.99. The first-order chi connectivity index (χ1) is 14.1. The van der Waals surface area contributed by atoms with E-state index in [0.29, 0.717) is 11.5 Å². The van der Waals surface area contributed by atoms with Crippen LogP contribution in [-0.2, 0) is 19.4 Å². The average Bonchev–Trinajstić information content (AvgIpc) is 3.08. The molecule has 0 N–H and O–H groups in total. The van der Waals surface area contributed by atoms with Crippen LogP contribution in [0.25, 0.3) is 0 Å². The summed E-state index contributed by atoms with van der Waals surface area (Å²) in [7, 11) is 0. The summed E-state index contributed by atoms with van der Waals surface area (Å²) in [5, 5.41) is 0. The standard InChI is InChI=1S/C24H24N4O/c1-16-13-19-8-5-6-10-22(19)28(16)24(29)21-14-23(26-17(2)25-21)27-12-11-18-7-3-4-9-20(18)15-27/h3-10,14,16H,11-13,15H2,1-2H3. The molecule has 2 aliphatic heterocycles. The molecule has 2 aliphatic rings. The summed E-state index contributed by atoms with van der Waals surface area (Å²) in [6, 6.07) is 18.7. The van der Waals surface area contributed by atoms with Gasteiger partial charge in [0.15, 0.2) is 0 Å². The van der Waals surface area contributed by atoms with Crippen molar-refractivity contribution in [3.8, 4) is 0 Å². The van der Waals surface area contributed by atoms with Crippen LogP contribution in [-0.4, -0.2) is 28.5 Å². The minimum Gasteiger partial charge on any atom is -0.352 e. The van der Waals surface area contributed by atoms with Gasteiger partial charge in [-0.1, -0.05) is 42.5 Å². The van der Waals surface area contributed by atoms with Gasteiger partial charge in [0.1, 0.15) is 17.3 Å². The molecular formula is C24H24N4O. The van der Waals surface area contributed by atoms with Crippen molar-refractivity contribution in [2.45, 2.75) is 39.3 Å². The van der Waals surface area contributed by atoms with Crippen molar-refractivity contribution in [2.24, 2.45) is 0 Å². The van der Waals surface area contributed by atoms with Crippen molar-refractivity contribution >= 4 is 17.4 Å². The van der Waals surface area contributed by atoms with Crippen LogP contribution < -0.4 is 9.80 Å². The molecule has 2 aromatic carbocycles. The van der Waals surface area contributed by atoms with E-state index >= 15 is 0 Å². The Labute approximate surface area is 171 Å². The Balaban J connectivity index is 1.47. The van der Waals surface area contributed by atoms with Crippen LogP contribution in [0.5, 0.6) is 0 Å². The lowest BCUT2D eigenvalue weighted by Crippen LogP contribution is -2.37. The zero-order valence-corrected chi connectivity index (χ0v) is 16.8. The van der Waals surface area contributed by atoms with Crippen molar-refractivity contribution < 1.29 is 4.79 Å². The number of aryl methyl sites for hydroxylation is 1. The molecule has 5 heteroatoms. The quantitative estimate of drug-likeness (QED) is 0.672. The van der Waals surface area contributed by atoms with Gasteiger partial charge >= 0.3 is 0 Å². The molecule has 5 nitrogen and oxygen atoms in total. The van der Waals surface area contributed by atoms with Crippen LogP contribution >= 0.6 is 0 Å². The van der Waals surface area contributed by atoms with E-state index in [0.717, 1.165) is 37.4 Å². The second-order valence-corrected chi connectivity index (χ2v) is 7.96. The summed E-state index contributed by atoms with van der Waals surface area (Å²) in [5.41, 5.74) is 5.40. The average molecular weight is 384 g/mol. The van der Waals surface area contributed by atoms with E-state index in [2.05, 4.69) is 52.1 Å². The highest BCUT2D eigenvalue weighted by Gasteiger charge is 2.32. The summed E-state index contributed by atoms with van der Waals surface area (Å²) in [5.74, 6) is 1.41. The van der Waals surface area contributed by atoms with Crippen LogP contribution in [0.3, 0.4) is 0 Å².